The number of aliphatic hydroxyl groups excluding tert-OH is 3. The number of nitrogens with two attached hydrogens (primary N) is 2. The molecule has 2 amide bonds. The van der Waals surface area contributed by atoms with Gasteiger partial charge in [-0.2, -0.15) is 11.8 Å². The lowest BCUT2D eigenvalue weighted by Crippen LogP contribution is -2.46. The highest BCUT2D eigenvalue weighted by Gasteiger charge is 2.44. The smallest absolute Gasteiger partial charge is 0.387 e. The van der Waals surface area contributed by atoms with Crippen molar-refractivity contribution in [1.29, 1.82) is 0 Å². The highest BCUT2D eigenvalue weighted by atomic mass is 32.2. The van der Waals surface area contributed by atoms with Crippen molar-refractivity contribution < 1.29 is 56.9 Å². The lowest BCUT2D eigenvalue weighted by molar-refractivity contribution is -0.137. The predicted octanol–water partition coefficient (Wildman–Crippen LogP) is -3.87. The normalized spacial score (nSPS) is 21.7. The topological polar surface area (TPSA) is 337 Å². The van der Waals surface area contributed by atoms with E-state index >= 15 is 0 Å². The van der Waals surface area contributed by atoms with Gasteiger partial charge in [0.25, 0.3) is 0 Å². The van der Waals surface area contributed by atoms with Crippen LogP contribution in [-0.4, -0.2) is 139 Å². The first-order chi connectivity index (χ1) is 22.3. The quantitative estimate of drug-likeness (QED) is 0.0486. The molecule has 2 aromatic heterocycles. The van der Waals surface area contributed by atoms with E-state index in [1.54, 1.807) is 0 Å². The van der Waals surface area contributed by atoms with E-state index < -0.39 is 77.6 Å². The molecule has 3 rings (SSSR count). The van der Waals surface area contributed by atoms with E-state index in [2.05, 4.69) is 34.8 Å². The summed E-state index contributed by atoms with van der Waals surface area (Å²) in [5.74, 6) is -1.22. The van der Waals surface area contributed by atoms with E-state index in [4.69, 9.17) is 26.0 Å². The number of carbonyl (C=O) groups is 2. The van der Waals surface area contributed by atoms with Gasteiger partial charge in [-0.05, 0) is 0 Å². The summed E-state index contributed by atoms with van der Waals surface area (Å²) in [5, 5.41) is 35.7. The fourth-order valence-electron chi connectivity index (χ4n) is 4.47. The van der Waals surface area contributed by atoms with Gasteiger partial charge in [-0.25, -0.2) is 32.7 Å². The summed E-state index contributed by atoms with van der Waals surface area (Å²) in [5.41, 5.74) is 10.8. The van der Waals surface area contributed by atoms with Crippen molar-refractivity contribution in [2.45, 2.75) is 56.2 Å². The van der Waals surface area contributed by atoms with Crippen LogP contribution in [0, 0.1) is 5.41 Å². The molecule has 0 spiro atoms. The molecule has 12 N–H and O–H groups in total. The van der Waals surface area contributed by atoms with Crippen LogP contribution in [0.1, 0.15) is 26.5 Å². The van der Waals surface area contributed by atoms with Crippen LogP contribution in [0.4, 0.5) is 5.82 Å². The molecule has 0 radical (unpaired) electrons. The number of hydrogen-bond acceptors (Lipinski definition) is 16. The number of phosphoric acid groups is 1. The number of anilines is 1. The van der Waals surface area contributed by atoms with Gasteiger partial charge in [0.15, 0.2) is 17.7 Å². The summed E-state index contributed by atoms with van der Waals surface area (Å²) in [4.78, 5) is 54.0. The van der Waals surface area contributed by atoms with Gasteiger partial charge in [0.05, 0.1) is 18.7 Å². The summed E-state index contributed by atoms with van der Waals surface area (Å²) in [6.07, 6.45) is -4.35. The first-order valence-electron chi connectivity index (χ1n) is 14.5. The summed E-state index contributed by atoms with van der Waals surface area (Å²) < 4.78 is 50.3. The maximum Gasteiger partial charge on any atom is 0.469 e. The number of aliphatic hydroxyl groups is 3. The Morgan fingerprint density at radius 1 is 1.19 bits per heavy atom. The summed E-state index contributed by atoms with van der Waals surface area (Å²) >= 11 is 1.21. The number of nitrogens with zero attached hydrogens (tertiary/aromatic N) is 4. The number of thioether (sulfide) groups is 1. The molecule has 0 saturated carbocycles. The van der Waals surface area contributed by atoms with Gasteiger partial charge in [-0.15, -0.1) is 0 Å². The Labute approximate surface area is 279 Å². The zero-order chi connectivity index (χ0) is 35.9. The van der Waals surface area contributed by atoms with Crippen molar-refractivity contribution in [3.05, 3.63) is 12.7 Å². The van der Waals surface area contributed by atoms with Crippen LogP contribution in [0.2, 0.25) is 0 Å². The second-order valence-corrected chi connectivity index (χ2v) is 16.0. The fraction of sp³-hybridized carbons (Fsp3) is 0.708. The number of carbonyl (C=O) groups excluding carboxylic acids is 2. The molecule has 272 valence electrons. The largest absolute Gasteiger partial charge is 0.469 e. The average molecular weight is 744 g/mol. The van der Waals surface area contributed by atoms with Crippen LogP contribution in [-0.2, 0) is 33.4 Å². The molecule has 0 aliphatic carbocycles. The molecular formula is C24H42N9O12PS2. The monoisotopic (exact) mass is 743 g/mol. The highest BCUT2D eigenvalue weighted by molar-refractivity contribution is 8.01. The maximum absolute atomic E-state index is 12.8. The number of sulfonamides is 1. The molecule has 1 saturated heterocycles. The van der Waals surface area contributed by atoms with Crippen LogP contribution < -0.4 is 26.8 Å². The number of nitrogen functional groups attached to an aromatic ring is 1. The van der Waals surface area contributed by atoms with Crippen LogP contribution >= 0.6 is 19.6 Å². The fourth-order valence-corrected chi connectivity index (χ4v) is 7.74. The van der Waals surface area contributed by atoms with Gasteiger partial charge >= 0.3 is 7.82 Å². The summed E-state index contributed by atoms with van der Waals surface area (Å²) in [7, 11) is -8.70. The Morgan fingerprint density at radius 2 is 1.90 bits per heavy atom. The Kier molecular flexibility index (Phi) is 14.1. The van der Waals surface area contributed by atoms with E-state index in [-0.39, 0.29) is 55.3 Å². The molecule has 21 nitrogen and oxygen atoms in total. The predicted molar refractivity (Wildman–Crippen MR) is 171 cm³/mol. The van der Waals surface area contributed by atoms with Crippen molar-refractivity contribution in [3.8, 4) is 0 Å². The van der Waals surface area contributed by atoms with E-state index in [0.717, 1.165) is 0 Å². The Morgan fingerprint density at radius 3 is 2.56 bits per heavy atom. The number of ether oxygens (including phenoxy) is 1. The minimum absolute atomic E-state index is 0.00542. The lowest BCUT2D eigenvalue weighted by atomic mass is 9.87. The van der Waals surface area contributed by atoms with Gasteiger partial charge < -0.3 is 51.9 Å². The van der Waals surface area contributed by atoms with Gasteiger partial charge in [0.2, 0.25) is 21.8 Å². The van der Waals surface area contributed by atoms with Crippen LogP contribution in [0.3, 0.4) is 0 Å². The molecule has 1 aliphatic rings. The summed E-state index contributed by atoms with van der Waals surface area (Å²) in [6, 6.07) is 0. The first kappa shape index (κ1) is 39.9. The number of phosphoric ester groups is 1. The standard InChI is InChI=1S/C24H42N9O12PS2/c1-24(2,10-44-46(39,40)41)19(37)22(38)28-4-3-15(34)27-5-6-47-13(7-25)9-48(42,43)32-8-14-17(35)18(36)23(45-14)33-12-31-16-20(26)29-11-30-21(16)33/h11-14,17-19,23,32,35-37H,3-10,25H2,1-2H3,(H,27,34)(H,28,38)(H2,26,29,30)(H2,39,40,41)/t13-,14-,17-,18-,19+,23-/m1/s1. The van der Waals surface area contributed by atoms with E-state index in [1.807, 2.05) is 0 Å². The minimum atomic E-state index is -4.79. The lowest BCUT2D eigenvalue weighted by Gasteiger charge is -2.29. The molecule has 24 heteroatoms. The molecule has 2 aromatic rings. The molecule has 3 heterocycles. The van der Waals surface area contributed by atoms with Gasteiger partial charge in [0.1, 0.15) is 36.3 Å². The molecule has 0 aromatic carbocycles. The molecule has 1 fully saturated rings. The second-order valence-electron chi connectivity index (χ2n) is 11.5. The Balaban J connectivity index is 1.37. The third-order valence-corrected chi connectivity index (χ3v) is 10.6. The number of imidazole rings is 1. The summed E-state index contributed by atoms with van der Waals surface area (Å²) in [6.45, 7) is 1.86. The van der Waals surface area contributed by atoms with Crippen LogP contribution in [0.5, 0.6) is 0 Å². The maximum atomic E-state index is 12.8. The number of amides is 2. The second kappa shape index (κ2) is 16.9. The van der Waals surface area contributed by atoms with E-state index in [0.29, 0.717) is 5.75 Å². The van der Waals surface area contributed by atoms with Crippen molar-refractivity contribution in [3.63, 3.8) is 0 Å². The zero-order valence-corrected chi connectivity index (χ0v) is 28.6. The van der Waals surface area contributed by atoms with Crippen LogP contribution in [0.25, 0.3) is 11.2 Å². The average Bonchev–Trinajstić information content (AvgIpc) is 3.56. The molecule has 0 bridgehead atoms. The minimum Gasteiger partial charge on any atom is -0.387 e. The first-order valence-corrected chi connectivity index (χ1v) is 18.7. The molecule has 48 heavy (non-hydrogen) atoms. The zero-order valence-electron chi connectivity index (χ0n) is 26.1. The van der Waals surface area contributed by atoms with Crippen molar-refractivity contribution in [2.24, 2.45) is 11.1 Å². The number of aromatic nitrogens is 4. The third-order valence-electron chi connectivity index (χ3n) is 7.19. The molecule has 6 atom stereocenters. The van der Waals surface area contributed by atoms with Gasteiger partial charge in [0, 0.05) is 49.0 Å². The molecular weight excluding hydrogens is 701 g/mol. The van der Waals surface area contributed by atoms with Crippen LogP contribution in [0.15, 0.2) is 12.7 Å². The van der Waals surface area contributed by atoms with Crippen molar-refractivity contribution in [2.75, 3.05) is 50.0 Å². The van der Waals surface area contributed by atoms with Gasteiger partial charge in [-0.1, -0.05) is 13.8 Å². The van der Waals surface area contributed by atoms with Crippen molar-refractivity contribution >= 4 is 58.4 Å². The number of hydrogen-bond donors (Lipinski definition) is 10. The van der Waals surface area contributed by atoms with E-state index in [9.17, 15) is 37.9 Å². The SMILES string of the molecule is CC(C)(COP(=O)(O)O)[C@@H](O)C(=O)NCCC(=O)NCCS[C@H](CN)CS(=O)(=O)NC[C@H]1O[C@@H](n2cnc3c(N)ncnc32)[C@H](O)[C@@H]1O. The number of fused-ring (bicyclic) bond motifs is 1. The Hall–Kier alpha value is -2.54. The Bertz CT molecular complexity index is 1560. The number of rotatable bonds is 19. The van der Waals surface area contributed by atoms with Crippen molar-refractivity contribution in [1.82, 2.24) is 34.9 Å². The number of nitrogens with one attached hydrogen (secondary N) is 3. The molecule has 0 unspecified atom stereocenters. The highest BCUT2D eigenvalue weighted by Crippen LogP contribution is 2.39. The third kappa shape index (κ3) is 11.2. The molecule has 1 aliphatic heterocycles. The van der Waals surface area contributed by atoms with E-state index in [1.165, 1.54) is 42.8 Å². The van der Waals surface area contributed by atoms with Gasteiger partial charge in [-0.3, -0.25) is 18.7 Å².